The highest BCUT2D eigenvalue weighted by atomic mass is 32.2. The third-order valence-electron chi connectivity index (χ3n) is 4.51. The number of hydrogen-bond donors (Lipinski definition) is 3. The molecule has 1 atom stereocenters. The normalized spacial score (nSPS) is 15.9. The minimum Gasteiger partial charge on any atom is -0.496 e. The molecule has 1 aliphatic rings. The van der Waals surface area contributed by atoms with E-state index in [1.54, 1.807) is 7.11 Å². The summed E-state index contributed by atoms with van der Waals surface area (Å²) < 4.78 is 11.7. The number of ether oxygens (including phenoxy) is 2. The highest BCUT2D eigenvalue weighted by Gasteiger charge is 2.19. The SMILES string of the molecule is COc1cccc(OC[C@H]2CNCCS2)c1-c1cc(Nc2cnc(C#N)cn2)n[nH]1. The zero-order chi connectivity index (χ0) is 20.8. The number of anilines is 2. The van der Waals surface area contributed by atoms with E-state index in [2.05, 4.69) is 30.8 Å². The van der Waals surface area contributed by atoms with E-state index in [0.29, 0.717) is 29.2 Å². The first kappa shape index (κ1) is 20.0. The van der Waals surface area contributed by atoms with Gasteiger partial charge in [-0.05, 0) is 12.1 Å². The van der Waals surface area contributed by atoms with E-state index in [1.165, 1.54) is 12.4 Å². The minimum atomic E-state index is 0.255. The summed E-state index contributed by atoms with van der Waals surface area (Å²) in [4.78, 5) is 8.15. The summed E-state index contributed by atoms with van der Waals surface area (Å²) in [5.41, 5.74) is 1.81. The standard InChI is InChI=1S/C20H21N7O2S/c1-28-16-3-2-4-17(29-12-14-10-22-5-6-30-14)20(16)15-7-18(27-26-15)25-19-11-23-13(8-21)9-24-19/h2-4,7,9,11,14,22H,5-6,10,12H2,1H3,(H2,24,25,26,27)/t14-/m1/s1. The Balaban J connectivity index is 1.54. The maximum Gasteiger partial charge on any atom is 0.158 e. The number of aromatic nitrogens is 4. The zero-order valence-corrected chi connectivity index (χ0v) is 17.2. The van der Waals surface area contributed by atoms with Gasteiger partial charge in [0.1, 0.15) is 30.0 Å². The van der Waals surface area contributed by atoms with Crippen LogP contribution in [0.5, 0.6) is 11.5 Å². The van der Waals surface area contributed by atoms with Crippen molar-refractivity contribution in [1.29, 1.82) is 5.26 Å². The van der Waals surface area contributed by atoms with Crippen molar-refractivity contribution in [3.8, 4) is 28.8 Å². The molecule has 154 valence electrons. The number of H-pyrrole nitrogens is 1. The molecule has 1 aromatic carbocycles. The molecular weight excluding hydrogens is 402 g/mol. The van der Waals surface area contributed by atoms with Gasteiger partial charge in [0.2, 0.25) is 0 Å². The summed E-state index contributed by atoms with van der Waals surface area (Å²) in [6, 6.07) is 9.52. The van der Waals surface area contributed by atoms with E-state index >= 15 is 0 Å². The zero-order valence-electron chi connectivity index (χ0n) is 16.4. The number of aromatic amines is 1. The molecule has 0 spiro atoms. The van der Waals surface area contributed by atoms with Crippen molar-refractivity contribution in [2.24, 2.45) is 0 Å². The molecule has 0 unspecified atom stereocenters. The molecule has 3 N–H and O–H groups in total. The van der Waals surface area contributed by atoms with Gasteiger partial charge in [-0.1, -0.05) is 6.07 Å². The average Bonchev–Trinajstić information content (AvgIpc) is 3.26. The highest BCUT2D eigenvalue weighted by Crippen LogP contribution is 2.38. The van der Waals surface area contributed by atoms with Gasteiger partial charge in [-0.25, -0.2) is 9.97 Å². The Kier molecular flexibility index (Phi) is 6.32. The van der Waals surface area contributed by atoms with Gasteiger partial charge in [0, 0.05) is 24.9 Å². The number of nitriles is 1. The predicted octanol–water partition coefficient (Wildman–Crippen LogP) is 2.57. The topological polar surface area (TPSA) is 121 Å². The first-order valence-electron chi connectivity index (χ1n) is 9.44. The van der Waals surface area contributed by atoms with Crippen LogP contribution in [0.25, 0.3) is 11.3 Å². The van der Waals surface area contributed by atoms with Crippen LogP contribution >= 0.6 is 11.8 Å². The van der Waals surface area contributed by atoms with Crippen molar-refractivity contribution in [1.82, 2.24) is 25.5 Å². The van der Waals surface area contributed by atoms with Gasteiger partial charge in [-0.15, -0.1) is 0 Å². The fourth-order valence-corrected chi connectivity index (χ4v) is 4.07. The Morgan fingerprint density at radius 1 is 1.27 bits per heavy atom. The number of nitrogens with one attached hydrogen (secondary N) is 3. The van der Waals surface area contributed by atoms with E-state index in [1.807, 2.05) is 42.1 Å². The van der Waals surface area contributed by atoms with Crippen LogP contribution in [0.1, 0.15) is 5.69 Å². The van der Waals surface area contributed by atoms with E-state index < -0.39 is 0 Å². The smallest absolute Gasteiger partial charge is 0.158 e. The molecule has 0 bridgehead atoms. The second-order valence-corrected chi connectivity index (χ2v) is 7.94. The quantitative estimate of drug-likeness (QED) is 0.526. The van der Waals surface area contributed by atoms with Gasteiger partial charge in [0.15, 0.2) is 11.5 Å². The van der Waals surface area contributed by atoms with Crippen LogP contribution in [-0.2, 0) is 0 Å². The third-order valence-corrected chi connectivity index (χ3v) is 5.72. The summed E-state index contributed by atoms with van der Waals surface area (Å²) >= 11 is 1.92. The van der Waals surface area contributed by atoms with E-state index in [0.717, 1.165) is 35.8 Å². The van der Waals surface area contributed by atoms with Crippen molar-refractivity contribution in [3.63, 3.8) is 0 Å². The lowest BCUT2D eigenvalue weighted by atomic mass is 10.1. The maximum absolute atomic E-state index is 8.83. The Morgan fingerprint density at radius 3 is 2.90 bits per heavy atom. The fraction of sp³-hybridized carbons (Fsp3) is 0.300. The predicted molar refractivity (Wildman–Crippen MR) is 115 cm³/mol. The van der Waals surface area contributed by atoms with E-state index in [9.17, 15) is 0 Å². The minimum absolute atomic E-state index is 0.255. The van der Waals surface area contributed by atoms with Crippen molar-refractivity contribution >= 4 is 23.4 Å². The van der Waals surface area contributed by atoms with Crippen LogP contribution in [0, 0.1) is 11.3 Å². The van der Waals surface area contributed by atoms with Crippen LogP contribution in [-0.4, -0.2) is 58.0 Å². The molecule has 1 aliphatic heterocycles. The van der Waals surface area contributed by atoms with Crippen LogP contribution < -0.4 is 20.1 Å². The summed E-state index contributed by atoms with van der Waals surface area (Å²) in [7, 11) is 1.63. The lowest BCUT2D eigenvalue weighted by Crippen LogP contribution is -2.36. The van der Waals surface area contributed by atoms with Crippen molar-refractivity contribution in [2.75, 3.05) is 37.9 Å². The molecule has 3 heterocycles. The molecule has 30 heavy (non-hydrogen) atoms. The fourth-order valence-electron chi connectivity index (χ4n) is 3.07. The van der Waals surface area contributed by atoms with E-state index in [-0.39, 0.29) is 5.69 Å². The first-order chi connectivity index (χ1) is 14.8. The van der Waals surface area contributed by atoms with Gasteiger partial charge in [0.05, 0.1) is 36.0 Å². The summed E-state index contributed by atoms with van der Waals surface area (Å²) in [5, 5.41) is 23.0. The second-order valence-electron chi connectivity index (χ2n) is 6.53. The van der Waals surface area contributed by atoms with Crippen LogP contribution in [0.3, 0.4) is 0 Å². The lowest BCUT2D eigenvalue weighted by molar-refractivity contribution is 0.311. The molecule has 2 aromatic heterocycles. The van der Waals surface area contributed by atoms with Gasteiger partial charge in [-0.2, -0.15) is 22.1 Å². The molecule has 9 nitrogen and oxygen atoms in total. The Morgan fingerprint density at radius 2 is 2.17 bits per heavy atom. The average molecular weight is 424 g/mol. The molecule has 0 aliphatic carbocycles. The first-order valence-corrected chi connectivity index (χ1v) is 10.5. The Labute approximate surface area is 178 Å². The van der Waals surface area contributed by atoms with Crippen LogP contribution in [0.2, 0.25) is 0 Å². The Bertz CT molecular complexity index is 1030. The summed E-state index contributed by atoms with van der Waals surface area (Å²) in [6.07, 6.45) is 2.89. The van der Waals surface area contributed by atoms with Gasteiger partial charge >= 0.3 is 0 Å². The van der Waals surface area contributed by atoms with Crippen LogP contribution in [0.15, 0.2) is 36.7 Å². The molecule has 0 radical (unpaired) electrons. The number of thioether (sulfide) groups is 1. The largest absolute Gasteiger partial charge is 0.496 e. The molecule has 10 heteroatoms. The molecule has 0 saturated carbocycles. The number of benzene rings is 1. The number of nitrogens with zero attached hydrogens (tertiary/aromatic N) is 4. The Hall–Kier alpha value is -3.29. The van der Waals surface area contributed by atoms with Crippen molar-refractivity contribution < 1.29 is 9.47 Å². The third kappa shape index (κ3) is 4.64. The molecule has 3 aromatic rings. The summed E-state index contributed by atoms with van der Waals surface area (Å²) in [6.45, 7) is 2.59. The second kappa shape index (κ2) is 9.47. The summed E-state index contributed by atoms with van der Waals surface area (Å²) in [5.74, 6) is 3.56. The number of hydrogen-bond acceptors (Lipinski definition) is 9. The molecule has 1 fully saturated rings. The van der Waals surface area contributed by atoms with Crippen molar-refractivity contribution in [3.05, 3.63) is 42.4 Å². The monoisotopic (exact) mass is 423 g/mol. The molecule has 0 amide bonds. The van der Waals surface area contributed by atoms with Crippen LogP contribution in [0.4, 0.5) is 11.6 Å². The van der Waals surface area contributed by atoms with Gasteiger partial charge in [-0.3, -0.25) is 5.10 Å². The number of rotatable bonds is 7. The molecule has 4 rings (SSSR count). The van der Waals surface area contributed by atoms with Gasteiger partial charge in [0.25, 0.3) is 0 Å². The highest BCUT2D eigenvalue weighted by molar-refractivity contribution is 8.00. The number of methoxy groups -OCH3 is 1. The van der Waals surface area contributed by atoms with E-state index in [4.69, 9.17) is 14.7 Å². The van der Waals surface area contributed by atoms with Gasteiger partial charge < -0.3 is 20.1 Å². The maximum atomic E-state index is 8.83. The molecular formula is C20H21N7O2S. The lowest BCUT2D eigenvalue weighted by Gasteiger charge is -2.23. The van der Waals surface area contributed by atoms with Crippen molar-refractivity contribution in [2.45, 2.75) is 5.25 Å². The molecule has 1 saturated heterocycles.